The highest BCUT2D eigenvalue weighted by Gasteiger charge is 2.11. The van der Waals surface area contributed by atoms with Crippen LogP contribution in [0.4, 0.5) is 0 Å². The molecule has 0 saturated heterocycles. The number of nitrogens with two attached hydrogens (primary N) is 1. The third-order valence-electron chi connectivity index (χ3n) is 0.947. The highest BCUT2D eigenvalue weighted by molar-refractivity contribution is 5.85. The number of aliphatic hydroxyl groups is 1. The molecule has 64 valence electrons. The van der Waals surface area contributed by atoms with E-state index < -0.39 is 31.1 Å². The van der Waals surface area contributed by atoms with Crippen molar-refractivity contribution in [2.75, 3.05) is 13.2 Å². The van der Waals surface area contributed by atoms with Crippen molar-refractivity contribution in [1.82, 2.24) is 5.32 Å². The maximum Gasteiger partial charge on any atom is 0.322 e. The summed E-state index contributed by atoms with van der Waals surface area (Å²) >= 11 is 0. The van der Waals surface area contributed by atoms with Crippen molar-refractivity contribution in [3.05, 3.63) is 0 Å². The molecular weight excluding hydrogens is 152 g/mol. The van der Waals surface area contributed by atoms with Crippen molar-refractivity contribution < 1.29 is 19.8 Å². The van der Waals surface area contributed by atoms with Crippen LogP contribution in [-0.4, -0.2) is 41.3 Å². The van der Waals surface area contributed by atoms with Gasteiger partial charge in [-0.2, -0.15) is 0 Å². The zero-order chi connectivity index (χ0) is 8.85. The van der Waals surface area contributed by atoms with Crippen molar-refractivity contribution >= 4 is 11.9 Å². The number of carboxylic acid groups (broad SMARTS) is 1. The molecule has 1 unspecified atom stereocenters. The summed E-state index contributed by atoms with van der Waals surface area (Å²) in [5.41, 5.74) is 5.05. The average Bonchev–Trinajstić information content (AvgIpc) is 1.98. The molecule has 1 amide bonds. The molecule has 11 heavy (non-hydrogen) atoms. The Morgan fingerprint density at radius 2 is 2.09 bits per heavy atom. The number of rotatable bonds is 4. The summed E-state index contributed by atoms with van der Waals surface area (Å²) in [6.07, 6.45) is 0. The standard InChI is InChI=1S/C5H10N2O4/c6-3(2-8)5(11)7-1-4(9)10/h3,8H,1-2,6H2,(H,7,11)(H,9,10). The summed E-state index contributed by atoms with van der Waals surface area (Å²) in [4.78, 5) is 20.5. The number of carbonyl (C=O) groups excluding carboxylic acids is 1. The molecular formula is C5H10N2O4. The third kappa shape index (κ3) is 4.29. The Bertz CT molecular complexity index is 159. The van der Waals surface area contributed by atoms with Gasteiger partial charge in [-0.3, -0.25) is 9.59 Å². The molecule has 0 heterocycles. The first-order chi connectivity index (χ1) is 5.07. The van der Waals surface area contributed by atoms with Gasteiger partial charge in [0.25, 0.3) is 0 Å². The van der Waals surface area contributed by atoms with Crippen LogP contribution in [0.1, 0.15) is 0 Å². The number of aliphatic hydroxyl groups excluding tert-OH is 1. The van der Waals surface area contributed by atoms with E-state index in [9.17, 15) is 9.59 Å². The molecule has 5 N–H and O–H groups in total. The molecule has 6 nitrogen and oxygen atoms in total. The van der Waals surface area contributed by atoms with Gasteiger partial charge in [-0.05, 0) is 0 Å². The van der Waals surface area contributed by atoms with Crippen LogP contribution in [0.2, 0.25) is 0 Å². The molecule has 0 aromatic rings. The van der Waals surface area contributed by atoms with E-state index in [1.165, 1.54) is 0 Å². The van der Waals surface area contributed by atoms with Crippen LogP contribution in [-0.2, 0) is 9.59 Å². The lowest BCUT2D eigenvalue weighted by molar-refractivity contribution is -0.138. The smallest absolute Gasteiger partial charge is 0.322 e. The maximum absolute atomic E-state index is 10.6. The summed E-state index contributed by atoms with van der Waals surface area (Å²) in [5, 5.41) is 18.4. The Hall–Kier alpha value is -1.14. The number of hydrogen-bond acceptors (Lipinski definition) is 4. The minimum atomic E-state index is -1.15. The van der Waals surface area contributed by atoms with Gasteiger partial charge in [0, 0.05) is 0 Å². The summed E-state index contributed by atoms with van der Waals surface area (Å²) < 4.78 is 0. The van der Waals surface area contributed by atoms with E-state index in [1.807, 2.05) is 5.32 Å². The molecule has 0 radical (unpaired) electrons. The van der Waals surface area contributed by atoms with Gasteiger partial charge in [0.2, 0.25) is 5.91 Å². The van der Waals surface area contributed by atoms with E-state index in [2.05, 4.69) is 0 Å². The molecule has 0 aliphatic rings. The van der Waals surface area contributed by atoms with Crippen LogP contribution >= 0.6 is 0 Å². The molecule has 0 spiro atoms. The van der Waals surface area contributed by atoms with E-state index in [1.54, 1.807) is 0 Å². The van der Waals surface area contributed by atoms with Gasteiger partial charge in [-0.15, -0.1) is 0 Å². The van der Waals surface area contributed by atoms with Crippen molar-refractivity contribution in [3.63, 3.8) is 0 Å². The van der Waals surface area contributed by atoms with Gasteiger partial charge in [-0.1, -0.05) is 0 Å². The monoisotopic (exact) mass is 162 g/mol. The minimum absolute atomic E-state index is 0.480. The van der Waals surface area contributed by atoms with Crippen LogP contribution in [0.15, 0.2) is 0 Å². The lowest BCUT2D eigenvalue weighted by atomic mass is 10.3. The third-order valence-corrected chi connectivity index (χ3v) is 0.947. The zero-order valence-electron chi connectivity index (χ0n) is 5.78. The first-order valence-corrected chi connectivity index (χ1v) is 2.94. The number of aliphatic carboxylic acids is 1. The average molecular weight is 162 g/mol. The van der Waals surface area contributed by atoms with Crippen LogP contribution < -0.4 is 11.1 Å². The van der Waals surface area contributed by atoms with Crippen LogP contribution in [0.5, 0.6) is 0 Å². The maximum atomic E-state index is 10.6. The van der Waals surface area contributed by atoms with Crippen LogP contribution in [0, 0.1) is 0 Å². The minimum Gasteiger partial charge on any atom is -0.480 e. The second kappa shape index (κ2) is 4.64. The Balaban J connectivity index is 3.60. The predicted molar refractivity (Wildman–Crippen MR) is 35.7 cm³/mol. The molecule has 0 aliphatic carbocycles. The molecule has 0 rings (SSSR count). The Morgan fingerprint density at radius 1 is 1.55 bits per heavy atom. The Kier molecular flexibility index (Phi) is 4.16. The molecule has 1 atom stereocenters. The number of hydrogen-bond donors (Lipinski definition) is 4. The number of carboxylic acids is 1. The van der Waals surface area contributed by atoms with Crippen LogP contribution in [0.25, 0.3) is 0 Å². The fraction of sp³-hybridized carbons (Fsp3) is 0.600. The Labute approximate surface area is 63.0 Å². The zero-order valence-corrected chi connectivity index (χ0v) is 5.78. The van der Waals surface area contributed by atoms with E-state index in [0.717, 1.165) is 0 Å². The van der Waals surface area contributed by atoms with E-state index in [4.69, 9.17) is 15.9 Å². The lowest BCUT2D eigenvalue weighted by Gasteiger charge is -2.06. The first-order valence-electron chi connectivity index (χ1n) is 2.94. The first kappa shape index (κ1) is 9.86. The predicted octanol–water partition coefficient (Wildman–Crippen LogP) is -2.49. The summed E-state index contributed by atoms with van der Waals surface area (Å²) in [6, 6.07) is -1.05. The molecule has 0 fully saturated rings. The molecule has 0 aliphatic heterocycles. The summed E-state index contributed by atoms with van der Waals surface area (Å²) in [5.74, 6) is -1.82. The molecule has 0 aromatic heterocycles. The van der Waals surface area contributed by atoms with Crippen molar-refractivity contribution in [1.29, 1.82) is 0 Å². The summed E-state index contributed by atoms with van der Waals surface area (Å²) in [7, 11) is 0. The highest BCUT2D eigenvalue weighted by atomic mass is 16.4. The van der Waals surface area contributed by atoms with E-state index >= 15 is 0 Å². The largest absolute Gasteiger partial charge is 0.480 e. The second-order valence-electron chi connectivity index (χ2n) is 1.90. The van der Waals surface area contributed by atoms with Gasteiger partial charge in [-0.25, -0.2) is 0 Å². The van der Waals surface area contributed by atoms with Crippen molar-refractivity contribution in [2.24, 2.45) is 5.73 Å². The van der Waals surface area contributed by atoms with Gasteiger partial charge >= 0.3 is 5.97 Å². The van der Waals surface area contributed by atoms with Gasteiger partial charge in [0.15, 0.2) is 0 Å². The molecule has 0 aromatic carbocycles. The molecule has 0 bridgehead atoms. The van der Waals surface area contributed by atoms with Crippen LogP contribution in [0.3, 0.4) is 0 Å². The SMILES string of the molecule is NC(CO)C(=O)NCC(=O)O. The van der Waals surface area contributed by atoms with Crippen molar-refractivity contribution in [3.8, 4) is 0 Å². The highest BCUT2D eigenvalue weighted by Crippen LogP contribution is 1.75. The number of amides is 1. The normalized spacial score (nSPS) is 12.2. The van der Waals surface area contributed by atoms with Gasteiger partial charge < -0.3 is 21.3 Å². The second-order valence-corrected chi connectivity index (χ2v) is 1.90. The van der Waals surface area contributed by atoms with Gasteiger partial charge in [0.05, 0.1) is 6.61 Å². The number of nitrogens with one attached hydrogen (secondary N) is 1. The fourth-order valence-electron chi connectivity index (χ4n) is 0.377. The quantitative estimate of drug-likeness (QED) is 0.365. The van der Waals surface area contributed by atoms with E-state index in [0.29, 0.717) is 0 Å². The number of carbonyl (C=O) groups is 2. The molecule has 0 saturated carbocycles. The topological polar surface area (TPSA) is 113 Å². The lowest BCUT2D eigenvalue weighted by Crippen LogP contribution is -2.44. The van der Waals surface area contributed by atoms with E-state index in [-0.39, 0.29) is 0 Å². The fourth-order valence-corrected chi connectivity index (χ4v) is 0.377. The summed E-state index contributed by atoms with van der Waals surface area (Å²) in [6.45, 7) is -0.974. The van der Waals surface area contributed by atoms with Gasteiger partial charge in [0.1, 0.15) is 12.6 Å². The Morgan fingerprint density at radius 3 is 2.45 bits per heavy atom. The van der Waals surface area contributed by atoms with Crippen molar-refractivity contribution in [2.45, 2.75) is 6.04 Å². The molecule has 6 heteroatoms.